The number of methoxy groups -OCH3 is 3. The SMILES string of the molecule is COc1ccc(CN2CCN(C(=O)c3ccc(OCc4c(C)noc4C)c(OC)c3)CC2)cc1OC. The van der Waals surface area contributed by atoms with Crippen LogP contribution in [0, 0.1) is 13.8 Å². The van der Waals surface area contributed by atoms with Crippen molar-refractivity contribution >= 4 is 5.91 Å². The fourth-order valence-electron chi connectivity index (χ4n) is 4.31. The number of benzene rings is 2. The summed E-state index contributed by atoms with van der Waals surface area (Å²) < 4.78 is 27.4. The molecule has 0 spiro atoms. The molecule has 1 aliphatic heterocycles. The van der Waals surface area contributed by atoms with Crippen molar-refractivity contribution < 1.29 is 28.3 Å². The fraction of sp³-hybridized carbons (Fsp3) is 0.407. The molecule has 1 amide bonds. The lowest BCUT2D eigenvalue weighted by atomic mass is 10.1. The molecule has 0 radical (unpaired) electrons. The third-order valence-corrected chi connectivity index (χ3v) is 6.48. The first kappa shape index (κ1) is 25.4. The van der Waals surface area contributed by atoms with Crippen LogP contribution in [0.2, 0.25) is 0 Å². The summed E-state index contributed by atoms with van der Waals surface area (Å²) in [6.45, 7) is 7.70. The molecule has 0 aliphatic carbocycles. The predicted molar refractivity (Wildman–Crippen MR) is 134 cm³/mol. The first-order chi connectivity index (χ1) is 17.4. The molecule has 1 fully saturated rings. The second kappa shape index (κ2) is 11.3. The first-order valence-corrected chi connectivity index (χ1v) is 11.9. The molecular formula is C27H33N3O6. The van der Waals surface area contributed by atoms with Gasteiger partial charge in [-0.15, -0.1) is 0 Å². The maximum atomic E-state index is 13.2. The van der Waals surface area contributed by atoms with Gasteiger partial charge in [0.15, 0.2) is 23.0 Å². The zero-order valence-electron chi connectivity index (χ0n) is 21.5. The van der Waals surface area contributed by atoms with Crippen molar-refractivity contribution in [3.05, 3.63) is 64.5 Å². The Morgan fingerprint density at radius 3 is 2.19 bits per heavy atom. The molecule has 3 aromatic rings. The van der Waals surface area contributed by atoms with Crippen LogP contribution in [0.25, 0.3) is 0 Å². The van der Waals surface area contributed by atoms with Gasteiger partial charge in [-0.3, -0.25) is 9.69 Å². The van der Waals surface area contributed by atoms with Crippen LogP contribution in [-0.2, 0) is 13.2 Å². The van der Waals surface area contributed by atoms with Crippen molar-refractivity contribution in [2.24, 2.45) is 0 Å². The summed E-state index contributed by atoms with van der Waals surface area (Å²) in [6.07, 6.45) is 0. The van der Waals surface area contributed by atoms with Gasteiger partial charge in [0, 0.05) is 38.3 Å². The number of carbonyl (C=O) groups is 1. The monoisotopic (exact) mass is 495 g/mol. The predicted octanol–water partition coefficient (Wildman–Crippen LogP) is 3.85. The maximum absolute atomic E-state index is 13.2. The lowest BCUT2D eigenvalue weighted by Gasteiger charge is -2.35. The van der Waals surface area contributed by atoms with Gasteiger partial charge in [0.25, 0.3) is 5.91 Å². The number of aromatic nitrogens is 1. The molecule has 192 valence electrons. The number of rotatable bonds is 9. The van der Waals surface area contributed by atoms with Gasteiger partial charge >= 0.3 is 0 Å². The number of aryl methyl sites for hydroxylation is 2. The van der Waals surface area contributed by atoms with Gasteiger partial charge in [0.2, 0.25) is 0 Å². The second-order valence-electron chi connectivity index (χ2n) is 8.71. The Bertz CT molecular complexity index is 1180. The van der Waals surface area contributed by atoms with E-state index in [4.69, 9.17) is 23.5 Å². The van der Waals surface area contributed by atoms with Gasteiger partial charge in [-0.05, 0) is 49.7 Å². The Morgan fingerprint density at radius 2 is 1.56 bits per heavy atom. The third kappa shape index (κ3) is 5.57. The number of ether oxygens (including phenoxy) is 4. The summed E-state index contributed by atoms with van der Waals surface area (Å²) in [4.78, 5) is 17.4. The highest BCUT2D eigenvalue weighted by molar-refractivity contribution is 5.95. The van der Waals surface area contributed by atoms with Crippen molar-refractivity contribution in [1.29, 1.82) is 0 Å². The average Bonchev–Trinajstić information content (AvgIpc) is 3.23. The largest absolute Gasteiger partial charge is 0.493 e. The summed E-state index contributed by atoms with van der Waals surface area (Å²) in [5, 5.41) is 3.95. The van der Waals surface area contributed by atoms with Crippen LogP contribution in [-0.4, -0.2) is 68.4 Å². The average molecular weight is 496 g/mol. The van der Waals surface area contributed by atoms with E-state index in [1.54, 1.807) is 39.5 Å². The van der Waals surface area contributed by atoms with Crippen molar-refractivity contribution in [3.63, 3.8) is 0 Å². The van der Waals surface area contributed by atoms with E-state index < -0.39 is 0 Å². The number of carbonyl (C=O) groups excluding carboxylic acids is 1. The van der Waals surface area contributed by atoms with Crippen molar-refractivity contribution in [1.82, 2.24) is 15.0 Å². The number of piperazine rings is 1. The summed E-state index contributed by atoms with van der Waals surface area (Å²) in [5.41, 5.74) is 3.42. The number of nitrogens with zero attached hydrogens (tertiary/aromatic N) is 3. The molecule has 0 N–H and O–H groups in total. The van der Waals surface area contributed by atoms with Crippen LogP contribution in [0.5, 0.6) is 23.0 Å². The van der Waals surface area contributed by atoms with Gasteiger partial charge in [-0.2, -0.15) is 0 Å². The summed E-state index contributed by atoms with van der Waals surface area (Å²) in [5.74, 6) is 3.22. The smallest absolute Gasteiger partial charge is 0.254 e. The van der Waals surface area contributed by atoms with Crippen LogP contribution in [0.3, 0.4) is 0 Å². The third-order valence-electron chi connectivity index (χ3n) is 6.48. The van der Waals surface area contributed by atoms with Crippen LogP contribution >= 0.6 is 0 Å². The summed E-state index contributed by atoms with van der Waals surface area (Å²) in [6, 6.07) is 11.3. The van der Waals surface area contributed by atoms with Crippen molar-refractivity contribution in [3.8, 4) is 23.0 Å². The zero-order valence-corrected chi connectivity index (χ0v) is 21.5. The molecule has 36 heavy (non-hydrogen) atoms. The molecule has 0 unspecified atom stereocenters. The lowest BCUT2D eigenvalue weighted by Crippen LogP contribution is -2.48. The van der Waals surface area contributed by atoms with E-state index in [0.717, 1.165) is 48.0 Å². The number of hydrogen-bond donors (Lipinski definition) is 0. The molecule has 2 heterocycles. The van der Waals surface area contributed by atoms with E-state index >= 15 is 0 Å². The minimum Gasteiger partial charge on any atom is -0.493 e. The Labute approximate surface area is 211 Å². The second-order valence-corrected chi connectivity index (χ2v) is 8.71. The number of hydrogen-bond acceptors (Lipinski definition) is 8. The van der Waals surface area contributed by atoms with Crippen molar-refractivity contribution in [2.75, 3.05) is 47.5 Å². The normalized spacial score (nSPS) is 14.0. The van der Waals surface area contributed by atoms with Gasteiger partial charge in [-0.1, -0.05) is 11.2 Å². The highest BCUT2D eigenvalue weighted by atomic mass is 16.5. The number of amides is 1. The van der Waals surface area contributed by atoms with E-state index in [1.807, 2.05) is 36.9 Å². The van der Waals surface area contributed by atoms with Gasteiger partial charge in [0.05, 0.1) is 32.6 Å². The van der Waals surface area contributed by atoms with Gasteiger partial charge in [0.1, 0.15) is 12.4 Å². The molecule has 9 nitrogen and oxygen atoms in total. The molecule has 9 heteroatoms. The van der Waals surface area contributed by atoms with E-state index in [0.29, 0.717) is 42.5 Å². The quantitative estimate of drug-likeness (QED) is 0.443. The van der Waals surface area contributed by atoms with Crippen LogP contribution in [0.4, 0.5) is 0 Å². The molecule has 0 atom stereocenters. The van der Waals surface area contributed by atoms with E-state index in [-0.39, 0.29) is 5.91 Å². The summed E-state index contributed by atoms with van der Waals surface area (Å²) >= 11 is 0. The Kier molecular flexibility index (Phi) is 8.00. The molecule has 0 saturated carbocycles. The van der Waals surface area contributed by atoms with Crippen LogP contribution in [0.15, 0.2) is 40.9 Å². The van der Waals surface area contributed by atoms with Gasteiger partial charge < -0.3 is 28.4 Å². The molecule has 2 aromatic carbocycles. The minimum absolute atomic E-state index is 0.0173. The molecule has 1 aromatic heterocycles. The van der Waals surface area contributed by atoms with Gasteiger partial charge in [-0.25, -0.2) is 0 Å². The molecule has 1 saturated heterocycles. The molecule has 0 bridgehead atoms. The topological polar surface area (TPSA) is 86.5 Å². The lowest BCUT2D eigenvalue weighted by molar-refractivity contribution is 0.0628. The molecule has 4 rings (SSSR count). The van der Waals surface area contributed by atoms with E-state index in [9.17, 15) is 4.79 Å². The maximum Gasteiger partial charge on any atom is 0.254 e. The highest BCUT2D eigenvalue weighted by Gasteiger charge is 2.23. The summed E-state index contributed by atoms with van der Waals surface area (Å²) in [7, 11) is 4.84. The first-order valence-electron chi connectivity index (χ1n) is 11.9. The van der Waals surface area contributed by atoms with E-state index in [2.05, 4.69) is 10.1 Å². The Balaban J connectivity index is 1.35. The fourth-order valence-corrected chi connectivity index (χ4v) is 4.31. The van der Waals surface area contributed by atoms with Crippen molar-refractivity contribution in [2.45, 2.75) is 27.0 Å². The van der Waals surface area contributed by atoms with Crippen LogP contribution in [0.1, 0.15) is 32.9 Å². The molecular weight excluding hydrogens is 462 g/mol. The molecule has 1 aliphatic rings. The highest BCUT2D eigenvalue weighted by Crippen LogP contribution is 2.31. The van der Waals surface area contributed by atoms with E-state index in [1.165, 1.54) is 0 Å². The standard InChI is InChI=1S/C27H33N3O6/c1-18-22(19(2)36-28-18)17-35-24-9-7-21(15-26(24)34-5)27(31)30-12-10-29(11-13-30)16-20-6-8-23(32-3)25(14-20)33-4/h6-9,14-15H,10-13,16-17H2,1-5H3. The van der Waals surface area contributed by atoms with Crippen LogP contribution < -0.4 is 18.9 Å². The minimum atomic E-state index is -0.0173. The Hall–Kier alpha value is -3.72. The zero-order chi connectivity index (χ0) is 25.7. The Morgan fingerprint density at radius 1 is 0.889 bits per heavy atom.